The summed E-state index contributed by atoms with van der Waals surface area (Å²) in [7, 11) is 0. The van der Waals surface area contributed by atoms with Crippen LogP contribution in [0.5, 0.6) is 0 Å². The lowest BCUT2D eigenvalue weighted by Crippen LogP contribution is -2.43. The van der Waals surface area contributed by atoms with Gasteiger partial charge >= 0.3 is 11.9 Å². The molecule has 0 radical (unpaired) electrons. The minimum atomic E-state index is -1.40. The Labute approximate surface area is 164 Å². The standard InChI is InChI=1S/C24H22O4/c25-22(26)17-16-21(18-10-4-1-5-11-18)24(23(27)28,19-12-6-2-7-13-19)20-14-8-3-9-15-20/h1-15,21H,16-17H2,(H,25,26)(H,27,28). The molecule has 2 N–H and O–H groups in total. The van der Waals surface area contributed by atoms with Gasteiger partial charge in [0.2, 0.25) is 0 Å². The van der Waals surface area contributed by atoms with Gasteiger partial charge in [-0.15, -0.1) is 0 Å². The third-order valence-corrected chi connectivity index (χ3v) is 5.17. The van der Waals surface area contributed by atoms with Gasteiger partial charge in [0.25, 0.3) is 0 Å². The molecular formula is C24H22O4. The smallest absolute Gasteiger partial charge is 0.319 e. The van der Waals surface area contributed by atoms with E-state index in [-0.39, 0.29) is 12.8 Å². The normalized spacial score (nSPS) is 12.3. The van der Waals surface area contributed by atoms with Gasteiger partial charge in [0.05, 0.1) is 0 Å². The molecule has 0 bridgehead atoms. The van der Waals surface area contributed by atoms with Gasteiger partial charge in [-0.2, -0.15) is 0 Å². The maximum Gasteiger partial charge on any atom is 0.319 e. The molecule has 0 aliphatic rings. The summed E-state index contributed by atoms with van der Waals surface area (Å²) >= 11 is 0. The number of carbonyl (C=O) groups is 2. The Morgan fingerprint density at radius 1 is 0.714 bits per heavy atom. The average molecular weight is 374 g/mol. The Morgan fingerprint density at radius 2 is 1.14 bits per heavy atom. The predicted octanol–water partition coefficient (Wildman–Crippen LogP) is 4.71. The van der Waals surface area contributed by atoms with Gasteiger partial charge in [0.15, 0.2) is 0 Å². The topological polar surface area (TPSA) is 74.6 Å². The quantitative estimate of drug-likeness (QED) is 0.599. The second-order valence-electron chi connectivity index (χ2n) is 6.74. The maximum atomic E-state index is 12.9. The monoisotopic (exact) mass is 374 g/mol. The number of hydrogen-bond donors (Lipinski definition) is 2. The zero-order valence-electron chi connectivity index (χ0n) is 15.4. The molecule has 0 saturated carbocycles. The molecule has 0 fully saturated rings. The molecule has 4 nitrogen and oxygen atoms in total. The summed E-state index contributed by atoms with van der Waals surface area (Å²) < 4.78 is 0. The van der Waals surface area contributed by atoms with E-state index >= 15 is 0 Å². The zero-order valence-corrected chi connectivity index (χ0v) is 15.4. The number of carboxylic acid groups (broad SMARTS) is 2. The third kappa shape index (κ3) is 3.67. The first kappa shape index (κ1) is 19.4. The third-order valence-electron chi connectivity index (χ3n) is 5.17. The van der Waals surface area contributed by atoms with E-state index in [0.717, 1.165) is 5.56 Å². The van der Waals surface area contributed by atoms with E-state index in [2.05, 4.69) is 0 Å². The fraction of sp³-hybridized carbons (Fsp3) is 0.167. The van der Waals surface area contributed by atoms with Crippen LogP contribution in [-0.2, 0) is 15.0 Å². The zero-order chi connectivity index (χ0) is 20.0. The van der Waals surface area contributed by atoms with Crippen molar-refractivity contribution in [3.63, 3.8) is 0 Å². The van der Waals surface area contributed by atoms with Crippen molar-refractivity contribution >= 4 is 11.9 Å². The van der Waals surface area contributed by atoms with Gasteiger partial charge in [0, 0.05) is 12.3 Å². The predicted molar refractivity (Wildman–Crippen MR) is 107 cm³/mol. The highest BCUT2D eigenvalue weighted by molar-refractivity contribution is 5.88. The van der Waals surface area contributed by atoms with Crippen LogP contribution in [0.1, 0.15) is 35.4 Å². The molecular weight excluding hydrogens is 352 g/mol. The summed E-state index contributed by atoms with van der Waals surface area (Å²) in [5.41, 5.74) is 0.666. The molecule has 3 aromatic carbocycles. The van der Waals surface area contributed by atoms with E-state index in [1.54, 1.807) is 24.3 Å². The largest absolute Gasteiger partial charge is 0.481 e. The van der Waals surface area contributed by atoms with Crippen molar-refractivity contribution in [2.24, 2.45) is 0 Å². The van der Waals surface area contributed by atoms with Crippen LogP contribution in [0, 0.1) is 0 Å². The van der Waals surface area contributed by atoms with Crippen LogP contribution < -0.4 is 0 Å². The second-order valence-corrected chi connectivity index (χ2v) is 6.74. The highest BCUT2D eigenvalue weighted by Crippen LogP contribution is 2.47. The van der Waals surface area contributed by atoms with Gasteiger partial charge in [-0.25, -0.2) is 0 Å². The highest BCUT2D eigenvalue weighted by atomic mass is 16.4. The molecule has 28 heavy (non-hydrogen) atoms. The molecule has 0 saturated heterocycles. The minimum absolute atomic E-state index is 0.117. The molecule has 0 aliphatic heterocycles. The average Bonchev–Trinajstić information content (AvgIpc) is 2.72. The van der Waals surface area contributed by atoms with Crippen molar-refractivity contribution < 1.29 is 19.8 Å². The maximum absolute atomic E-state index is 12.9. The second kappa shape index (κ2) is 8.53. The number of rotatable bonds is 8. The molecule has 3 rings (SSSR count). The molecule has 3 aromatic rings. The Morgan fingerprint density at radius 3 is 1.54 bits per heavy atom. The summed E-state index contributed by atoms with van der Waals surface area (Å²) in [5.74, 6) is -2.49. The van der Waals surface area contributed by atoms with Crippen LogP contribution in [0.2, 0.25) is 0 Å². The van der Waals surface area contributed by atoms with Gasteiger partial charge in [-0.1, -0.05) is 91.0 Å². The van der Waals surface area contributed by atoms with E-state index in [1.807, 2.05) is 66.7 Å². The van der Waals surface area contributed by atoms with Crippen molar-refractivity contribution in [1.29, 1.82) is 0 Å². The fourth-order valence-corrected chi connectivity index (χ4v) is 3.95. The number of hydrogen-bond acceptors (Lipinski definition) is 2. The van der Waals surface area contributed by atoms with E-state index in [9.17, 15) is 19.8 Å². The SMILES string of the molecule is O=C(O)CCC(c1ccccc1)C(C(=O)O)(c1ccccc1)c1ccccc1. The fourth-order valence-electron chi connectivity index (χ4n) is 3.95. The highest BCUT2D eigenvalue weighted by Gasteiger charge is 2.49. The summed E-state index contributed by atoms with van der Waals surface area (Å²) in [4.78, 5) is 24.3. The van der Waals surface area contributed by atoms with Crippen molar-refractivity contribution in [2.45, 2.75) is 24.2 Å². The van der Waals surface area contributed by atoms with Crippen LogP contribution >= 0.6 is 0 Å². The van der Waals surface area contributed by atoms with E-state index in [0.29, 0.717) is 11.1 Å². The molecule has 0 spiro atoms. The molecule has 0 amide bonds. The van der Waals surface area contributed by atoms with Crippen molar-refractivity contribution in [1.82, 2.24) is 0 Å². The summed E-state index contributed by atoms with van der Waals surface area (Å²) in [6, 6.07) is 27.5. The molecule has 0 heterocycles. The van der Waals surface area contributed by atoms with Gasteiger partial charge < -0.3 is 10.2 Å². The lowest BCUT2D eigenvalue weighted by molar-refractivity contribution is -0.144. The first-order chi connectivity index (χ1) is 13.6. The van der Waals surface area contributed by atoms with Crippen LogP contribution in [0.4, 0.5) is 0 Å². The number of benzene rings is 3. The van der Waals surface area contributed by atoms with Crippen LogP contribution in [0.3, 0.4) is 0 Å². The summed E-state index contributed by atoms with van der Waals surface area (Å²) in [6.45, 7) is 0. The van der Waals surface area contributed by atoms with Crippen molar-refractivity contribution in [3.05, 3.63) is 108 Å². The van der Waals surface area contributed by atoms with Crippen LogP contribution in [0.25, 0.3) is 0 Å². The molecule has 0 aromatic heterocycles. The molecule has 1 unspecified atom stereocenters. The van der Waals surface area contributed by atoms with Gasteiger partial charge in [-0.3, -0.25) is 9.59 Å². The molecule has 1 atom stereocenters. The molecule has 0 aliphatic carbocycles. The molecule has 4 heteroatoms. The molecule has 142 valence electrons. The Bertz CT molecular complexity index is 881. The van der Waals surface area contributed by atoms with Gasteiger partial charge in [0.1, 0.15) is 5.41 Å². The Hall–Kier alpha value is -3.40. The summed E-state index contributed by atoms with van der Waals surface area (Å²) in [6.07, 6.45) is 0.0870. The van der Waals surface area contributed by atoms with Gasteiger partial charge in [-0.05, 0) is 23.1 Å². The first-order valence-corrected chi connectivity index (χ1v) is 9.18. The first-order valence-electron chi connectivity index (χ1n) is 9.18. The van der Waals surface area contributed by atoms with E-state index < -0.39 is 23.3 Å². The van der Waals surface area contributed by atoms with Crippen LogP contribution in [-0.4, -0.2) is 22.2 Å². The Balaban J connectivity index is 2.31. The van der Waals surface area contributed by atoms with Crippen molar-refractivity contribution in [2.75, 3.05) is 0 Å². The van der Waals surface area contributed by atoms with E-state index in [4.69, 9.17) is 0 Å². The van der Waals surface area contributed by atoms with Crippen LogP contribution in [0.15, 0.2) is 91.0 Å². The number of aliphatic carboxylic acids is 2. The minimum Gasteiger partial charge on any atom is -0.481 e. The lowest BCUT2D eigenvalue weighted by atomic mass is 9.62. The lowest BCUT2D eigenvalue weighted by Gasteiger charge is -2.38. The summed E-state index contributed by atoms with van der Waals surface area (Å²) in [5, 5.41) is 19.9. The van der Waals surface area contributed by atoms with E-state index in [1.165, 1.54) is 0 Å². The van der Waals surface area contributed by atoms with Crippen molar-refractivity contribution in [3.8, 4) is 0 Å². The Kier molecular flexibility index (Phi) is 5.90. The number of carboxylic acids is 2.